The summed E-state index contributed by atoms with van der Waals surface area (Å²) in [4.78, 5) is 51.1. The number of nitrogens with zero attached hydrogens (tertiary/aromatic N) is 1. The quantitative estimate of drug-likeness (QED) is 0.237. The molecule has 1 aliphatic heterocycles. The normalized spacial score (nSPS) is 13.9. The monoisotopic (exact) mass is 657 g/mol. The third-order valence-corrected chi connectivity index (χ3v) is 7.08. The maximum absolute atomic E-state index is 12.9. The van der Waals surface area contributed by atoms with E-state index in [1.807, 2.05) is 37.3 Å². The average Bonchev–Trinajstić information content (AvgIpc) is 3.16. The van der Waals surface area contributed by atoms with Crippen molar-refractivity contribution in [1.82, 2.24) is 4.90 Å². The van der Waals surface area contributed by atoms with E-state index in [1.54, 1.807) is 42.5 Å². The summed E-state index contributed by atoms with van der Waals surface area (Å²) in [5, 5.41) is 4.92. The fraction of sp³-hybridized carbons (Fsp3) is 0.143. The van der Waals surface area contributed by atoms with Gasteiger partial charge in [0.1, 0.15) is 6.54 Å². The number of methoxy groups -OCH3 is 1. The summed E-state index contributed by atoms with van der Waals surface area (Å²) in [5.41, 5.74) is 2.85. The number of ether oxygens (including phenoxy) is 2. The van der Waals surface area contributed by atoms with E-state index in [2.05, 4.69) is 33.2 Å². The van der Waals surface area contributed by atoms with Crippen molar-refractivity contribution < 1.29 is 28.7 Å². The molecule has 1 saturated heterocycles. The molecular weight excluding hydrogens is 633 g/mol. The van der Waals surface area contributed by atoms with E-state index < -0.39 is 23.6 Å². The van der Waals surface area contributed by atoms with Gasteiger partial charge in [-0.25, -0.2) is 0 Å². The first-order chi connectivity index (χ1) is 18.7. The molecule has 4 rings (SSSR count). The van der Waals surface area contributed by atoms with Crippen LogP contribution in [0.2, 0.25) is 0 Å². The van der Waals surface area contributed by atoms with Gasteiger partial charge in [0, 0.05) is 14.9 Å². The van der Waals surface area contributed by atoms with Gasteiger partial charge in [0.2, 0.25) is 5.91 Å². The first kappa shape index (κ1) is 28.2. The highest BCUT2D eigenvalue weighted by atomic mass is 127. The number of imide groups is 1. The van der Waals surface area contributed by atoms with Crippen molar-refractivity contribution in [1.29, 1.82) is 0 Å². The molecule has 3 aromatic carbocycles. The molecule has 0 unspecified atom stereocenters. The average molecular weight is 657 g/mol. The van der Waals surface area contributed by atoms with Crippen LogP contribution in [0.3, 0.4) is 0 Å². The first-order valence-corrected chi connectivity index (χ1v) is 13.6. The van der Waals surface area contributed by atoms with E-state index in [1.165, 1.54) is 7.11 Å². The molecule has 200 valence electrons. The van der Waals surface area contributed by atoms with Crippen molar-refractivity contribution in [3.05, 3.63) is 86.3 Å². The summed E-state index contributed by atoms with van der Waals surface area (Å²) >= 11 is 2.91. The van der Waals surface area contributed by atoms with E-state index in [9.17, 15) is 19.2 Å². The Labute approximate surface area is 243 Å². The predicted octanol–water partition coefficient (Wildman–Crippen LogP) is 5.30. The Kier molecular flexibility index (Phi) is 9.25. The Morgan fingerprint density at radius 1 is 0.949 bits per heavy atom. The van der Waals surface area contributed by atoms with Crippen LogP contribution in [0, 0.1) is 10.5 Å². The van der Waals surface area contributed by atoms with Gasteiger partial charge in [-0.05, 0) is 107 Å². The first-order valence-electron chi connectivity index (χ1n) is 11.7. The summed E-state index contributed by atoms with van der Waals surface area (Å²) in [6.45, 7) is 1.31. The molecule has 0 saturated carbocycles. The standard InChI is InChI=1S/C28H24IN3O6S/c1-17-4-3-5-21(12-17)31-26(34)16-38-22-11-6-18(13-23(22)37-2)14-24-27(35)32(28(36)39-24)15-25(33)30-20-9-7-19(29)8-10-20/h3-14H,15-16H2,1-2H3,(H,30,33)(H,31,34)/b24-14+. The van der Waals surface area contributed by atoms with Crippen LogP contribution in [0.5, 0.6) is 11.5 Å². The molecule has 1 aliphatic rings. The van der Waals surface area contributed by atoms with Gasteiger partial charge in [-0.3, -0.25) is 24.1 Å². The Morgan fingerprint density at radius 2 is 1.69 bits per heavy atom. The topological polar surface area (TPSA) is 114 Å². The zero-order valence-electron chi connectivity index (χ0n) is 21.0. The van der Waals surface area contributed by atoms with Gasteiger partial charge in [0.05, 0.1) is 12.0 Å². The van der Waals surface area contributed by atoms with E-state index >= 15 is 0 Å². The third kappa shape index (κ3) is 7.60. The van der Waals surface area contributed by atoms with Gasteiger partial charge in [0.15, 0.2) is 18.1 Å². The molecular formula is C28H24IN3O6S. The summed E-state index contributed by atoms with van der Waals surface area (Å²) in [6, 6.07) is 19.5. The molecule has 3 aromatic rings. The minimum absolute atomic E-state index is 0.176. The molecule has 1 fully saturated rings. The number of rotatable bonds is 9. The number of hydrogen-bond acceptors (Lipinski definition) is 7. The Balaban J connectivity index is 1.37. The van der Waals surface area contributed by atoms with Crippen LogP contribution in [0.25, 0.3) is 6.08 Å². The number of amides is 4. The Hall–Kier alpha value is -3.84. The lowest BCUT2D eigenvalue weighted by Gasteiger charge is -2.13. The summed E-state index contributed by atoms with van der Waals surface area (Å²) in [5.74, 6) is -0.673. The molecule has 0 spiro atoms. The highest BCUT2D eigenvalue weighted by Gasteiger charge is 2.36. The zero-order chi connectivity index (χ0) is 27.9. The number of benzene rings is 3. The van der Waals surface area contributed by atoms with Crippen molar-refractivity contribution in [2.45, 2.75) is 6.92 Å². The van der Waals surface area contributed by atoms with Crippen molar-refractivity contribution in [2.24, 2.45) is 0 Å². The predicted molar refractivity (Wildman–Crippen MR) is 159 cm³/mol. The van der Waals surface area contributed by atoms with Crippen LogP contribution in [0.15, 0.2) is 71.6 Å². The number of nitrogens with one attached hydrogen (secondary N) is 2. The van der Waals surface area contributed by atoms with Crippen LogP contribution >= 0.6 is 34.4 Å². The number of carbonyl (C=O) groups excluding carboxylic acids is 4. The maximum atomic E-state index is 12.9. The van der Waals surface area contributed by atoms with E-state index in [0.29, 0.717) is 28.4 Å². The van der Waals surface area contributed by atoms with E-state index in [-0.39, 0.29) is 17.4 Å². The summed E-state index contributed by atoms with van der Waals surface area (Å²) in [6.07, 6.45) is 1.54. The lowest BCUT2D eigenvalue weighted by molar-refractivity contribution is -0.127. The zero-order valence-corrected chi connectivity index (χ0v) is 24.0. The third-order valence-electron chi connectivity index (χ3n) is 5.45. The summed E-state index contributed by atoms with van der Waals surface area (Å²) in [7, 11) is 1.46. The van der Waals surface area contributed by atoms with Crippen LogP contribution in [0.1, 0.15) is 11.1 Å². The van der Waals surface area contributed by atoms with Crippen LogP contribution in [-0.4, -0.2) is 48.1 Å². The molecule has 0 radical (unpaired) electrons. The Morgan fingerprint density at radius 3 is 2.41 bits per heavy atom. The smallest absolute Gasteiger partial charge is 0.294 e. The van der Waals surface area contributed by atoms with Gasteiger partial charge >= 0.3 is 0 Å². The Bertz CT molecular complexity index is 1460. The lowest BCUT2D eigenvalue weighted by atomic mass is 10.2. The number of halogens is 1. The lowest BCUT2D eigenvalue weighted by Crippen LogP contribution is -2.36. The second kappa shape index (κ2) is 12.8. The number of hydrogen-bond donors (Lipinski definition) is 2. The van der Waals surface area contributed by atoms with Gasteiger partial charge in [-0.1, -0.05) is 18.2 Å². The molecule has 39 heavy (non-hydrogen) atoms. The molecule has 9 nitrogen and oxygen atoms in total. The number of carbonyl (C=O) groups is 4. The van der Waals surface area contributed by atoms with Crippen molar-refractivity contribution in [2.75, 3.05) is 30.9 Å². The van der Waals surface area contributed by atoms with Crippen LogP contribution < -0.4 is 20.1 Å². The maximum Gasteiger partial charge on any atom is 0.294 e. The van der Waals surface area contributed by atoms with Crippen molar-refractivity contribution in [3.63, 3.8) is 0 Å². The van der Waals surface area contributed by atoms with Gasteiger partial charge < -0.3 is 20.1 Å². The van der Waals surface area contributed by atoms with Gasteiger partial charge in [-0.2, -0.15) is 0 Å². The second-order valence-electron chi connectivity index (χ2n) is 8.44. The molecule has 4 amide bonds. The molecule has 0 bridgehead atoms. The van der Waals surface area contributed by atoms with Crippen molar-refractivity contribution in [3.8, 4) is 11.5 Å². The molecule has 1 heterocycles. The molecule has 2 N–H and O–H groups in total. The minimum atomic E-state index is -0.560. The molecule has 0 aromatic heterocycles. The van der Waals surface area contributed by atoms with Crippen molar-refractivity contribution >= 4 is 74.8 Å². The highest BCUT2D eigenvalue weighted by molar-refractivity contribution is 14.1. The number of thioether (sulfide) groups is 1. The van der Waals surface area contributed by atoms with Crippen LogP contribution in [-0.2, 0) is 14.4 Å². The van der Waals surface area contributed by atoms with Gasteiger partial charge in [0.25, 0.3) is 17.1 Å². The summed E-state index contributed by atoms with van der Waals surface area (Å²) < 4.78 is 12.0. The fourth-order valence-corrected chi connectivity index (χ4v) is 4.82. The minimum Gasteiger partial charge on any atom is -0.493 e. The molecule has 0 atom stereocenters. The van der Waals surface area contributed by atoms with E-state index in [4.69, 9.17) is 9.47 Å². The van der Waals surface area contributed by atoms with Gasteiger partial charge in [-0.15, -0.1) is 0 Å². The SMILES string of the molecule is COc1cc(/C=C2/SC(=O)N(CC(=O)Nc3ccc(I)cc3)C2=O)ccc1OCC(=O)Nc1cccc(C)c1. The second-order valence-corrected chi connectivity index (χ2v) is 10.7. The fourth-order valence-electron chi connectivity index (χ4n) is 3.62. The number of anilines is 2. The molecule has 11 heteroatoms. The number of aryl methyl sites for hydroxylation is 1. The van der Waals surface area contributed by atoms with Crippen LogP contribution in [0.4, 0.5) is 16.2 Å². The largest absolute Gasteiger partial charge is 0.493 e. The highest BCUT2D eigenvalue weighted by Crippen LogP contribution is 2.34. The molecule has 0 aliphatic carbocycles. The van der Waals surface area contributed by atoms with E-state index in [0.717, 1.165) is 25.8 Å².